The number of benzene rings is 2. The van der Waals surface area contributed by atoms with E-state index in [1.165, 1.54) is 24.1 Å². The Hall–Kier alpha value is -2.37. The number of hydrogen-bond donors (Lipinski definition) is 0. The van der Waals surface area contributed by atoms with Crippen molar-refractivity contribution < 1.29 is 14.3 Å². The van der Waals surface area contributed by atoms with Crippen molar-refractivity contribution in [2.24, 2.45) is 0 Å². The summed E-state index contributed by atoms with van der Waals surface area (Å²) in [7, 11) is 1.42. The largest absolute Gasteiger partial charge is 0.465 e. The molecule has 0 aliphatic carbocycles. The number of carbonyl (C=O) groups excluding carboxylic acids is 1. The summed E-state index contributed by atoms with van der Waals surface area (Å²) < 4.78 is 10.4. The van der Waals surface area contributed by atoms with Crippen LogP contribution < -0.4 is 4.90 Å². The average Bonchev–Trinajstić information content (AvgIpc) is 3.12. The van der Waals surface area contributed by atoms with Crippen LogP contribution in [0.15, 0.2) is 48.5 Å². The highest BCUT2D eigenvalue weighted by atomic mass is 32.1. The van der Waals surface area contributed by atoms with E-state index in [1.54, 1.807) is 0 Å². The Balaban J connectivity index is 1.69. The van der Waals surface area contributed by atoms with Crippen LogP contribution in [0.2, 0.25) is 0 Å². The molecule has 4 nitrogen and oxygen atoms in total. The number of methoxy groups -OCH3 is 1. The molecule has 1 N–H and O–H groups in total. The lowest BCUT2D eigenvalue weighted by Crippen LogP contribution is -2.38. The van der Waals surface area contributed by atoms with E-state index in [0.29, 0.717) is 4.88 Å². The van der Waals surface area contributed by atoms with Gasteiger partial charge in [0.1, 0.15) is 4.88 Å². The van der Waals surface area contributed by atoms with Crippen molar-refractivity contribution in [3.8, 4) is 11.1 Å². The number of morpholine rings is 1. The molecule has 2 aromatic carbocycles. The molecule has 4 rings (SSSR count). The summed E-state index contributed by atoms with van der Waals surface area (Å²) in [4.78, 5) is 14.8. The number of esters is 1. The van der Waals surface area contributed by atoms with E-state index in [0.717, 1.165) is 47.5 Å². The molecule has 25 heavy (non-hydrogen) atoms. The second-order valence-electron chi connectivity index (χ2n) is 6.03. The number of thiophene rings is 1. The Labute approximate surface area is 150 Å². The summed E-state index contributed by atoms with van der Waals surface area (Å²) in [5.74, 6) is -0.280. The maximum absolute atomic E-state index is 11.8. The Morgan fingerprint density at radius 3 is 2.60 bits per heavy atom. The third-order valence-electron chi connectivity index (χ3n) is 4.53. The molecule has 1 aromatic heterocycles. The van der Waals surface area contributed by atoms with Gasteiger partial charge in [0.05, 0.1) is 20.2 Å². The van der Waals surface area contributed by atoms with Crippen molar-refractivity contribution in [2.45, 2.75) is 0 Å². The summed E-state index contributed by atoms with van der Waals surface area (Å²) >= 11 is 1.49. The normalized spacial score (nSPS) is 14.7. The zero-order valence-electron chi connectivity index (χ0n) is 14.1. The minimum absolute atomic E-state index is 0.280. The summed E-state index contributed by atoms with van der Waals surface area (Å²) in [5, 5.41) is 1.07. The Kier molecular flexibility index (Phi) is 4.42. The van der Waals surface area contributed by atoms with Crippen LogP contribution in [0.1, 0.15) is 9.67 Å². The molecule has 0 bridgehead atoms. The Morgan fingerprint density at radius 1 is 1.12 bits per heavy atom. The standard InChI is InChI=1S/C20H19NO3S/c1-23-20(22)18-13-15-3-2-4-17(19(15)25-18)14-5-7-16(8-6-14)21-9-11-24-12-10-21/h2-8,13H,9-12H2,1H3/p+1. The lowest BCUT2D eigenvalue weighted by molar-refractivity contribution is -0.0437. The molecule has 3 aromatic rings. The maximum atomic E-state index is 11.8. The van der Waals surface area contributed by atoms with Gasteiger partial charge >= 0.3 is 5.97 Å². The van der Waals surface area contributed by atoms with Crippen molar-refractivity contribution >= 4 is 33.1 Å². The van der Waals surface area contributed by atoms with E-state index in [-0.39, 0.29) is 5.97 Å². The molecule has 0 amide bonds. The van der Waals surface area contributed by atoms with Crippen LogP contribution in [0.3, 0.4) is 0 Å². The van der Waals surface area contributed by atoms with E-state index in [1.807, 2.05) is 18.2 Å². The molecule has 128 valence electrons. The predicted octanol–water partition coefficient (Wildman–Crippen LogP) is 3.70. The topological polar surface area (TPSA) is 42.3 Å². The van der Waals surface area contributed by atoms with Gasteiger partial charge in [-0.15, -0.1) is 11.3 Å². The molecule has 0 atom stereocenters. The first-order chi connectivity index (χ1) is 12.3. The average molecular weight is 354 g/mol. The fourth-order valence-corrected chi connectivity index (χ4v) is 4.32. The number of aliphatic hydroxyl groups is 2. The van der Waals surface area contributed by atoms with Crippen LogP contribution in [0, 0.1) is 0 Å². The predicted molar refractivity (Wildman–Crippen MR) is 103 cm³/mol. The van der Waals surface area contributed by atoms with Crippen molar-refractivity contribution in [1.29, 1.82) is 0 Å². The number of anilines is 1. The highest BCUT2D eigenvalue weighted by Gasteiger charge is 2.15. The summed E-state index contributed by atoms with van der Waals surface area (Å²) in [6, 6.07) is 16.7. The molecule has 1 aliphatic rings. The van der Waals surface area contributed by atoms with E-state index in [4.69, 9.17) is 4.74 Å². The van der Waals surface area contributed by atoms with Gasteiger partial charge in [0.25, 0.3) is 0 Å². The van der Waals surface area contributed by atoms with Gasteiger partial charge in [-0.2, -0.15) is 0 Å². The third kappa shape index (κ3) is 3.13. The number of fused-ring (bicyclic) bond motifs is 1. The minimum atomic E-state index is -0.280. The van der Waals surface area contributed by atoms with Gasteiger partial charge in [-0.25, -0.2) is 4.79 Å². The van der Waals surface area contributed by atoms with E-state index < -0.39 is 0 Å². The maximum Gasteiger partial charge on any atom is 0.348 e. The Morgan fingerprint density at radius 2 is 1.88 bits per heavy atom. The summed E-state index contributed by atoms with van der Waals surface area (Å²) in [6.45, 7) is 3.80. The van der Waals surface area contributed by atoms with Gasteiger partial charge in [-0.05, 0) is 34.7 Å². The van der Waals surface area contributed by atoms with Crippen molar-refractivity contribution in [1.82, 2.24) is 0 Å². The number of ether oxygens (including phenoxy) is 2. The van der Waals surface area contributed by atoms with Crippen LogP contribution in [0.5, 0.6) is 0 Å². The molecule has 0 radical (unpaired) electrons. The smallest absolute Gasteiger partial charge is 0.348 e. The van der Waals surface area contributed by atoms with Gasteiger partial charge in [0.15, 0.2) is 13.2 Å². The Bertz CT molecular complexity index is 895. The highest BCUT2D eigenvalue weighted by Crippen LogP contribution is 2.35. The minimum Gasteiger partial charge on any atom is -0.465 e. The van der Waals surface area contributed by atoms with E-state index in [9.17, 15) is 4.79 Å². The molecule has 0 saturated carbocycles. The first kappa shape index (κ1) is 16.1. The molecule has 1 aliphatic heterocycles. The van der Waals surface area contributed by atoms with Crippen LogP contribution >= 0.6 is 11.3 Å². The summed E-state index contributed by atoms with van der Waals surface area (Å²) in [5.41, 5.74) is 3.56. The molecule has 1 saturated heterocycles. The lowest BCUT2D eigenvalue weighted by atomic mass is 10.0. The monoisotopic (exact) mass is 354 g/mol. The van der Waals surface area contributed by atoms with Gasteiger partial charge in [-0.1, -0.05) is 30.3 Å². The van der Waals surface area contributed by atoms with Gasteiger partial charge in [0, 0.05) is 10.4 Å². The second-order valence-corrected chi connectivity index (χ2v) is 7.08. The molecule has 1 fully saturated rings. The van der Waals surface area contributed by atoms with Crippen LogP contribution in [0.25, 0.3) is 21.2 Å². The second kappa shape index (κ2) is 6.86. The van der Waals surface area contributed by atoms with Crippen molar-refractivity contribution in [3.63, 3.8) is 0 Å². The fourth-order valence-electron chi connectivity index (χ4n) is 3.21. The van der Waals surface area contributed by atoms with Gasteiger partial charge in [-0.3, -0.25) is 0 Å². The number of carbonyl (C=O) groups is 1. The van der Waals surface area contributed by atoms with Crippen LogP contribution in [-0.4, -0.2) is 44.1 Å². The van der Waals surface area contributed by atoms with E-state index in [2.05, 4.69) is 40.0 Å². The van der Waals surface area contributed by atoms with Crippen LogP contribution in [-0.2, 0) is 4.74 Å². The molecular weight excluding hydrogens is 334 g/mol. The molecular formula is C20H20NO3S+. The van der Waals surface area contributed by atoms with Gasteiger partial charge in [0.2, 0.25) is 0 Å². The van der Waals surface area contributed by atoms with Gasteiger partial charge < -0.3 is 14.4 Å². The zero-order valence-corrected chi connectivity index (χ0v) is 14.9. The van der Waals surface area contributed by atoms with Crippen molar-refractivity contribution in [3.05, 3.63) is 53.4 Å². The first-order valence-electron chi connectivity index (χ1n) is 8.36. The third-order valence-corrected chi connectivity index (χ3v) is 5.69. The first-order valence-corrected chi connectivity index (χ1v) is 9.17. The van der Waals surface area contributed by atoms with Crippen LogP contribution in [0.4, 0.5) is 5.69 Å². The SMILES string of the molecule is COC(=O)c1cc2cccc(-c3ccc(N4CC[OH+]CC4)cc3)c2s1. The molecule has 2 heterocycles. The lowest BCUT2D eigenvalue weighted by Gasteiger charge is -2.26. The molecule has 0 spiro atoms. The summed E-state index contributed by atoms with van der Waals surface area (Å²) in [6.07, 6.45) is 0. The van der Waals surface area contributed by atoms with E-state index >= 15 is 0 Å². The van der Waals surface area contributed by atoms with Crippen molar-refractivity contribution in [2.75, 3.05) is 38.3 Å². The zero-order chi connectivity index (χ0) is 17.2. The number of hydrogen-bond acceptors (Lipinski definition) is 4. The molecule has 0 unspecified atom stereocenters. The highest BCUT2D eigenvalue weighted by molar-refractivity contribution is 7.21. The quantitative estimate of drug-likeness (QED) is 0.532. The number of nitrogens with zero attached hydrogens (tertiary/aromatic N) is 1. The number of rotatable bonds is 3. The fraction of sp³-hybridized carbons (Fsp3) is 0.250. The molecule has 5 heteroatoms.